The molecular weight excluding hydrogens is 238 g/mol. The van der Waals surface area contributed by atoms with Crippen molar-refractivity contribution < 1.29 is 13.5 Å². The van der Waals surface area contributed by atoms with E-state index in [9.17, 15) is 8.78 Å². The summed E-state index contributed by atoms with van der Waals surface area (Å²) in [6.45, 7) is 4.01. The van der Waals surface area contributed by atoms with Crippen molar-refractivity contribution in [1.82, 2.24) is 5.43 Å². The van der Waals surface area contributed by atoms with Crippen molar-refractivity contribution in [2.75, 3.05) is 6.61 Å². The van der Waals surface area contributed by atoms with Crippen LogP contribution < -0.4 is 11.3 Å². The Bertz CT molecular complexity index is 439. The quantitative estimate of drug-likeness (QED) is 0.644. The van der Waals surface area contributed by atoms with Crippen molar-refractivity contribution in [2.45, 2.75) is 32.4 Å². The van der Waals surface area contributed by atoms with Crippen LogP contribution in [0, 0.1) is 24.5 Å². The minimum Gasteiger partial charge on any atom is -0.378 e. The van der Waals surface area contributed by atoms with Gasteiger partial charge in [0.05, 0.1) is 18.8 Å². The second-order valence-corrected chi connectivity index (χ2v) is 4.88. The van der Waals surface area contributed by atoms with Gasteiger partial charge in [-0.2, -0.15) is 0 Å². The second kappa shape index (κ2) is 5.30. The van der Waals surface area contributed by atoms with Crippen LogP contribution in [0.5, 0.6) is 0 Å². The molecule has 0 bridgehead atoms. The first-order valence-corrected chi connectivity index (χ1v) is 6.06. The summed E-state index contributed by atoms with van der Waals surface area (Å²) >= 11 is 0. The van der Waals surface area contributed by atoms with Crippen LogP contribution in [0.3, 0.4) is 0 Å². The standard InChI is InChI=1S/C13H18F2N2O/c1-7-3-4-10(14)11(12(7)15)13(17-16)9-5-8(2)18-6-9/h3-4,8-9,13,17H,5-6,16H2,1-2H3. The van der Waals surface area contributed by atoms with Gasteiger partial charge in [-0.15, -0.1) is 0 Å². The van der Waals surface area contributed by atoms with Crippen LogP contribution in [0.4, 0.5) is 8.78 Å². The zero-order chi connectivity index (χ0) is 13.3. The highest BCUT2D eigenvalue weighted by Crippen LogP contribution is 2.34. The lowest BCUT2D eigenvalue weighted by molar-refractivity contribution is 0.116. The Morgan fingerprint density at radius 2 is 2.17 bits per heavy atom. The Labute approximate surface area is 105 Å². The van der Waals surface area contributed by atoms with Crippen molar-refractivity contribution in [1.29, 1.82) is 0 Å². The van der Waals surface area contributed by atoms with Crippen LogP contribution in [0.25, 0.3) is 0 Å². The van der Waals surface area contributed by atoms with E-state index in [4.69, 9.17) is 10.6 Å². The summed E-state index contributed by atoms with van der Waals surface area (Å²) < 4.78 is 33.4. The number of nitrogens with one attached hydrogen (secondary N) is 1. The topological polar surface area (TPSA) is 47.3 Å². The van der Waals surface area contributed by atoms with Crippen molar-refractivity contribution >= 4 is 0 Å². The molecule has 0 saturated carbocycles. The number of halogens is 2. The molecule has 0 aliphatic carbocycles. The third-order valence-corrected chi connectivity index (χ3v) is 3.51. The van der Waals surface area contributed by atoms with Crippen LogP contribution in [0.1, 0.15) is 30.5 Å². The van der Waals surface area contributed by atoms with Gasteiger partial charge in [0.25, 0.3) is 0 Å². The maximum absolute atomic E-state index is 14.1. The highest BCUT2D eigenvalue weighted by atomic mass is 19.1. The molecule has 1 aromatic carbocycles. The van der Waals surface area contributed by atoms with Crippen molar-refractivity contribution in [3.63, 3.8) is 0 Å². The van der Waals surface area contributed by atoms with Gasteiger partial charge in [-0.3, -0.25) is 11.3 Å². The van der Waals surface area contributed by atoms with Gasteiger partial charge < -0.3 is 4.74 Å². The zero-order valence-corrected chi connectivity index (χ0v) is 10.5. The van der Waals surface area contributed by atoms with E-state index in [0.717, 1.165) is 6.42 Å². The summed E-state index contributed by atoms with van der Waals surface area (Å²) in [7, 11) is 0. The third-order valence-electron chi connectivity index (χ3n) is 3.51. The molecule has 18 heavy (non-hydrogen) atoms. The number of nitrogens with two attached hydrogens (primary N) is 1. The van der Waals surface area contributed by atoms with Gasteiger partial charge in [-0.05, 0) is 31.9 Å². The van der Waals surface area contributed by atoms with Crippen LogP contribution in [-0.4, -0.2) is 12.7 Å². The molecule has 0 amide bonds. The van der Waals surface area contributed by atoms with E-state index in [2.05, 4.69) is 5.43 Å². The highest BCUT2D eigenvalue weighted by Gasteiger charge is 2.33. The molecule has 1 aliphatic heterocycles. The maximum Gasteiger partial charge on any atom is 0.133 e. The fourth-order valence-electron chi connectivity index (χ4n) is 2.50. The van der Waals surface area contributed by atoms with Gasteiger partial charge >= 0.3 is 0 Å². The second-order valence-electron chi connectivity index (χ2n) is 4.88. The van der Waals surface area contributed by atoms with Gasteiger partial charge in [0.15, 0.2) is 0 Å². The fourth-order valence-corrected chi connectivity index (χ4v) is 2.50. The Morgan fingerprint density at radius 3 is 2.72 bits per heavy atom. The summed E-state index contributed by atoms with van der Waals surface area (Å²) in [4.78, 5) is 0. The average Bonchev–Trinajstić information content (AvgIpc) is 2.76. The smallest absolute Gasteiger partial charge is 0.133 e. The molecule has 100 valence electrons. The van der Waals surface area contributed by atoms with Gasteiger partial charge in [0.1, 0.15) is 11.6 Å². The molecule has 0 radical (unpaired) electrons. The van der Waals surface area contributed by atoms with Crippen molar-refractivity contribution in [3.8, 4) is 0 Å². The van der Waals surface area contributed by atoms with Crippen molar-refractivity contribution in [2.24, 2.45) is 11.8 Å². The number of aryl methyl sites for hydroxylation is 1. The molecule has 3 nitrogen and oxygen atoms in total. The van der Waals surface area contributed by atoms with E-state index in [1.54, 1.807) is 6.92 Å². The maximum atomic E-state index is 14.1. The first-order valence-electron chi connectivity index (χ1n) is 6.06. The number of hydrazine groups is 1. The Hall–Kier alpha value is -1.04. The number of ether oxygens (including phenoxy) is 1. The summed E-state index contributed by atoms with van der Waals surface area (Å²) in [5, 5.41) is 0. The lowest BCUT2D eigenvalue weighted by Gasteiger charge is -2.23. The van der Waals surface area contributed by atoms with E-state index < -0.39 is 17.7 Å². The van der Waals surface area contributed by atoms with Crippen LogP contribution in [-0.2, 0) is 4.74 Å². The molecule has 1 aliphatic rings. The molecule has 3 N–H and O–H groups in total. The van der Waals surface area contributed by atoms with Gasteiger partial charge in [-0.1, -0.05) is 6.07 Å². The predicted molar refractivity (Wildman–Crippen MR) is 64.7 cm³/mol. The van der Waals surface area contributed by atoms with E-state index in [1.165, 1.54) is 12.1 Å². The summed E-state index contributed by atoms with van der Waals surface area (Å²) in [5.74, 6) is 4.36. The summed E-state index contributed by atoms with van der Waals surface area (Å²) in [5.41, 5.74) is 2.96. The minimum atomic E-state index is -0.569. The summed E-state index contributed by atoms with van der Waals surface area (Å²) in [6, 6.07) is 2.14. The van der Waals surface area contributed by atoms with E-state index in [1.807, 2.05) is 6.92 Å². The number of hydrogen-bond donors (Lipinski definition) is 2. The Morgan fingerprint density at radius 1 is 1.44 bits per heavy atom. The zero-order valence-electron chi connectivity index (χ0n) is 10.5. The van der Waals surface area contributed by atoms with Crippen LogP contribution in [0.15, 0.2) is 12.1 Å². The van der Waals surface area contributed by atoms with E-state index in [-0.39, 0.29) is 17.6 Å². The summed E-state index contributed by atoms with van der Waals surface area (Å²) in [6.07, 6.45) is 0.837. The van der Waals surface area contributed by atoms with E-state index >= 15 is 0 Å². The van der Waals surface area contributed by atoms with Crippen molar-refractivity contribution in [3.05, 3.63) is 34.9 Å². The molecule has 3 unspecified atom stereocenters. The molecule has 0 spiro atoms. The monoisotopic (exact) mass is 256 g/mol. The predicted octanol–water partition coefficient (Wildman–Crippen LogP) is 2.20. The molecule has 1 heterocycles. The number of hydrogen-bond acceptors (Lipinski definition) is 3. The Kier molecular flexibility index (Phi) is 3.94. The highest BCUT2D eigenvalue weighted by molar-refractivity contribution is 5.29. The molecule has 3 atom stereocenters. The lowest BCUT2D eigenvalue weighted by atomic mass is 9.90. The fraction of sp³-hybridized carbons (Fsp3) is 0.538. The molecular formula is C13H18F2N2O. The van der Waals surface area contributed by atoms with Gasteiger partial charge in [0.2, 0.25) is 0 Å². The number of benzene rings is 1. The Balaban J connectivity index is 2.36. The molecule has 1 fully saturated rings. The molecule has 2 rings (SSSR count). The van der Waals surface area contributed by atoms with Crippen LogP contribution in [0.2, 0.25) is 0 Å². The molecule has 1 aromatic rings. The average molecular weight is 256 g/mol. The normalized spacial score (nSPS) is 25.4. The SMILES string of the molecule is Cc1ccc(F)c(C(NN)C2COC(C)C2)c1F. The first-order chi connectivity index (χ1) is 8.54. The minimum absolute atomic E-state index is 0.0141. The van der Waals surface area contributed by atoms with Crippen LogP contribution >= 0.6 is 0 Å². The molecule has 5 heteroatoms. The first kappa shape index (κ1) is 13.4. The largest absolute Gasteiger partial charge is 0.378 e. The van der Waals surface area contributed by atoms with Gasteiger partial charge in [0, 0.05) is 11.5 Å². The number of rotatable bonds is 3. The third kappa shape index (κ3) is 2.39. The van der Waals surface area contributed by atoms with E-state index in [0.29, 0.717) is 12.2 Å². The van der Waals surface area contributed by atoms with Gasteiger partial charge in [-0.25, -0.2) is 8.78 Å². The molecule has 0 aromatic heterocycles. The lowest BCUT2D eigenvalue weighted by Crippen LogP contribution is -2.35. The molecule has 1 saturated heterocycles.